The van der Waals surface area contributed by atoms with Crippen LogP contribution < -0.4 is 5.32 Å². The lowest BCUT2D eigenvalue weighted by Gasteiger charge is -2.09. The van der Waals surface area contributed by atoms with Gasteiger partial charge in [-0.25, -0.2) is 0 Å². The van der Waals surface area contributed by atoms with Crippen molar-refractivity contribution in [3.63, 3.8) is 0 Å². The molecule has 72 valence electrons. The molecule has 13 heavy (non-hydrogen) atoms. The van der Waals surface area contributed by atoms with E-state index in [4.69, 9.17) is 0 Å². The van der Waals surface area contributed by atoms with Gasteiger partial charge in [-0.2, -0.15) is 0 Å². The van der Waals surface area contributed by atoms with Gasteiger partial charge < -0.3 is 5.32 Å². The van der Waals surface area contributed by atoms with Crippen LogP contribution >= 0.6 is 0 Å². The molecule has 1 aromatic rings. The minimum atomic E-state index is 1.01. The minimum absolute atomic E-state index is 1.01. The van der Waals surface area contributed by atoms with E-state index >= 15 is 0 Å². The standard InChI is InChI=1S/C12H19N/c1-4-8-13-9-12-10(2)6-5-7-11(12)3/h5-7,13H,4,8-9H2,1-3H3. The lowest BCUT2D eigenvalue weighted by molar-refractivity contribution is 0.671. The molecule has 1 rings (SSSR count). The molecule has 0 aromatic heterocycles. The van der Waals surface area contributed by atoms with Gasteiger partial charge in [0.2, 0.25) is 0 Å². The Hall–Kier alpha value is -0.820. The summed E-state index contributed by atoms with van der Waals surface area (Å²) in [6.07, 6.45) is 1.20. The normalized spacial score (nSPS) is 10.4. The lowest BCUT2D eigenvalue weighted by atomic mass is 10.0. The molecule has 0 spiro atoms. The van der Waals surface area contributed by atoms with Gasteiger partial charge in [0.05, 0.1) is 0 Å². The summed E-state index contributed by atoms with van der Waals surface area (Å²) in [5, 5.41) is 3.43. The van der Waals surface area contributed by atoms with Crippen LogP contribution in [-0.2, 0) is 6.54 Å². The van der Waals surface area contributed by atoms with Crippen LogP contribution in [0.4, 0.5) is 0 Å². The van der Waals surface area contributed by atoms with Gasteiger partial charge in [0.1, 0.15) is 0 Å². The zero-order chi connectivity index (χ0) is 9.68. The van der Waals surface area contributed by atoms with Gasteiger partial charge in [0.15, 0.2) is 0 Å². The third-order valence-electron chi connectivity index (χ3n) is 2.37. The van der Waals surface area contributed by atoms with Crippen LogP contribution in [0.1, 0.15) is 30.0 Å². The topological polar surface area (TPSA) is 12.0 Å². The van der Waals surface area contributed by atoms with Crippen LogP contribution in [0, 0.1) is 13.8 Å². The molecule has 1 nitrogen and oxygen atoms in total. The number of rotatable bonds is 4. The molecule has 0 aliphatic carbocycles. The molecule has 0 unspecified atom stereocenters. The molecule has 1 aromatic carbocycles. The Morgan fingerprint density at radius 3 is 2.31 bits per heavy atom. The first-order chi connectivity index (χ1) is 6.25. The summed E-state index contributed by atoms with van der Waals surface area (Å²) in [6, 6.07) is 6.47. The van der Waals surface area contributed by atoms with Crippen molar-refractivity contribution in [2.24, 2.45) is 0 Å². The molecular formula is C12H19N. The molecule has 0 aliphatic heterocycles. The summed E-state index contributed by atoms with van der Waals surface area (Å²) in [6.45, 7) is 8.66. The van der Waals surface area contributed by atoms with Crippen molar-refractivity contribution in [3.8, 4) is 0 Å². The Morgan fingerprint density at radius 2 is 1.77 bits per heavy atom. The molecular weight excluding hydrogens is 158 g/mol. The summed E-state index contributed by atoms with van der Waals surface area (Å²) >= 11 is 0. The molecule has 1 N–H and O–H groups in total. The Balaban J connectivity index is 2.64. The fourth-order valence-corrected chi connectivity index (χ4v) is 1.52. The Kier molecular flexibility index (Phi) is 3.97. The number of hydrogen-bond acceptors (Lipinski definition) is 1. The SMILES string of the molecule is CCCNCc1c(C)cccc1C. The van der Waals surface area contributed by atoms with Crippen molar-refractivity contribution in [1.82, 2.24) is 5.32 Å². The Morgan fingerprint density at radius 1 is 1.15 bits per heavy atom. The average Bonchev–Trinajstić information content (AvgIpc) is 2.10. The first-order valence-electron chi connectivity index (χ1n) is 5.01. The molecule has 0 bridgehead atoms. The van der Waals surface area contributed by atoms with E-state index < -0.39 is 0 Å². The second-order valence-electron chi connectivity index (χ2n) is 3.55. The predicted molar refractivity (Wildman–Crippen MR) is 57.9 cm³/mol. The Bertz CT molecular complexity index is 246. The summed E-state index contributed by atoms with van der Waals surface area (Å²) in [5.74, 6) is 0. The van der Waals surface area contributed by atoms with Crippen molar-refractivity contribution < 1.29 is 0 Å². The second-order valence-corrected chi connectivity index (χ2v) is 3.55. The van der Waals surface area contributed by atoms with Crippen molar-refractivity contribution >= 4 is 0 Å². The van der Waals surface area contributed by atoms with E-state index in [-0.39, 0.29) is 0 Å². The monoisotopic (exact) mass is 177 g/mol. The summed E-state index contributed by atoms with van der Waals surface area (Å²) in [7, 11) is 0. The zero-order valence-electron chi connectivity index (χ0n) is 8.85. The van der Waals surface area contributed by atoms with E-state index in [2.05, 4.69) is 44.3 Å². The predicted octanol–water partition coefficient (Wildman–Crippen LogP) is 2.80. The third kappa shape index (κ3) is 2.85. The van der Waals surface area contributed by atoms with E-state index in [9.17, 15) is 0 Å². The van der Waals surface area contributed by atoms with Crippen LogP contribution in [0.25, 0.3) is 0 Å². The smallest absolute Gasteiger partial charge is 0.0210 e. The quantitative estimate of drug-likeness (QED) is 0.697. The molecule has 0 aliphatic rings. The van der Waals surface area contributed by atoms with Crippen LogP contribution in [0.2, 0.25) is 0 Å². The maximum atomic E-state index is 3.43. The minimum Gasteiger partial charge on any atom is -0.313 e. The fraction of sp³-hybridized carbons (Fsp3) is 0.500. The zero-order valence-corrected chi connectivity index (χ0v) is 8.85. The van der Waals surface area contributed by atoms with Crippen molar-refractivity contribution in [2.75, 3.05) is 6.54 Å². The van der Waals surface area contributed by atoms with E-state index in [1.165, 1.54) is 23.1 Å². The summed E-state index contributed by atoms with van der Waals surface area (Å²) in [4.78, 5) is 0. The summed E-state index contributed by atoms with van der Waals surface area (Å²) in [5.41, 5.74) is 4.24. The average molecular weight is 177 g/mol. The van der Waals surface area contributed by atoms with Gasteiger partial charge in [0.25, 0.3) is 0 Å². The highest BCUT2D eigenvalue weighted by atomic mass is 14.8. The maximum Gasteiger partial charge on any atom is 0.0210 e. The highest BCUT2D eigenvalue weighted by molar-refractivity contribution is 5.33. The second kappa shape index (κ2) is 5.03. The van der Waals surface area contributed by atoms with Gasteiger partial charge in [-0.15, -0.1) is 0 Å². The number of benzene rings is 1. The highest BCUT2D eigenvalue weighted by Gasteiger charge is 1.99. The lowest BCUT2D eigenvalue weighted by Crippen LogP contribution is -2.15. The number of nitrogens with one attached hydrogen (secondary N) is 1. The van der Waals surface area contributed by atoms with Gasteiger partial charge in [-0.1, -0.05) is 25.1 Å². The number of hydrogen-bond donors (Lipinski definition) is 1. The molecule has 0 atom stereocenters. The van der Waals surface area contributed by atoms with Crippen molar-refractivity contribution in [1.29, 1.82) is 0 Å². The van der Waals surface area contributed by atoms with E-state index in [1.54, 1.807) is 0 Å². The first kappa shape index (κ1) is 10.3. The first-order valence-corrected chi connectivity index (χ1v) is 5.01. The van der Waals surface area contributed by atoms with Gasteiger partial charge in [-0.3, -0.25) is 0 Å². The van der Waals surface area contributed by atoms with Gasteiger partial charge in [0, 0.05) is 6.54 Å². The molecule has 0 heterocycles. The molecule has 0 saturated carbocycles. The van der Waals surface area contributed by atoms with E-state index in [1.807, 2.05) is 0 Å². The van der Waals surface area contributed by atoms with Crippen molar-refractivity contribution in [3.05, 3.63) is 34.9 Å². The van der Waals surface area contributed by atoms with Crippen molar-refractivity contribution in [2.45, 2.75) is 33.7 Å². The summed E-state index contributed by atoms with van der Waals surface area (Å²) < 4.78 is 0. The molecule has 0 amide bonds. The molecule has 1 heteroatoms. The Labute approximate surface area is 81.2 Å². The van der Waals surface area contributed by atoms with Crippen LogP contribution in [0.15, 0.2) is 18.2 Å². The van der Waals surface area contributed by atoms with Crippen LogP contribution in [0.5, 0.6) is 0 Å². The molecule has 0 fully saturated rings. The van der Waals surface area contributed by atoms with Crippen LogP contribution in [0.3, 0.4) is 0 Å². The van der Waals surface area contributed by atoms with E-state index in [0.717, 1.165) is 13.1 Å². The van der Waals surface area contributed by atoms with Gasteiger partial charge in [-0.05, 0) is 43.5 Å². The van der Waals surface area contributed by atoms with Gasteiger partial charge >= 0.3 is 0 Å². The molecule has 0 radical (unpaired) electrons. The fourth-order valence-electron chi connectivity index (χ4n) is 1.52. The van der Waals surface area contributed by atoms with Crippen LogP contribution in [-0.4, -0.2) is 6.54 Å². The van der Waals surface area contributed by atoms with E-state index in [0.29, 0.717) is 0 Å². The highest BCUT2D eigenvalue weighted by Crippen LogP contribution is 2.12. The number of aryl methyl sites for hydroxylation is 2. The largest absolute Gasteiger partial charge is 0.313 e. The molecule has 0 saturated heterocycles. The third-order valence-corrected chi connectivity index (χ3v) is 2.37. The maximum absolute atomic E-state index is 3.43.